The summed E-state index contributed by atoms with van der Waals surface area (Å²) in [6, 6.07) is 0. The minimum atomic E-state index is -2.01. The maximum Gasteiger partial charge on any atom is 0.435 e. The molecule has 22 heavy (non-hydrogen) atoms. The van der Waals surface area contributed by atoms with Gasteiger partial charge in [-0.3, -0.25) is 9.59 Å². The van der Waals surface area contributed by atoms with Gasteiger partial charge in [0, 0.05) is 7.05 Å². The number of hydrogen-bond donors (Lipinski definition) is 1. The van der Waals surface area contributed by atoms with Gasteiger partial charge in [0.1, 0.15) is 11.9 Å². The number of rotatable bonds is 7. The van der Waals surface area contributed by atoms with Crippen LogP contribution in [0.5, 0.6) is 0 Å². The summed E-state index contributed by atoms with van der Waals surface area (Å²) >= 11 is -1.30. The molecule has 128 valence electrons. The van der Waals surface area contributed by atoms with E-state index in [1.54, 1.807) is 13.8 Å². The van der Waals surface area contributed by atoms with Crippen molar-refractivity contribution in [3.8, 4) is 0 Å². The molecule has 0 spiro atoms. The Kier molecular flexibility index (Phi) is 7.56. The Labute approximate surface area is 136 Å². The van der Waals surface area contributed by atoms with E-state index in [1.807, 2.05) is 0 Å². The van der Waals surface area contributed by atoms with Gasteiger partial charge in [-0.2, -0.15) is 0 Å². The fraction of sp³-hybridized carbons (Fsp3) is 0.818. The monoisotopic (exact) mass is 356 g/mol. The van der Waals surface area contributed by atoms with Crippen molar-refractivity contribution in [2.45, 2.75) is 25.7 Å². The number of ether oxygens (including phenoxy) is 3. The average Bonchev–Trinajstić information content (AvgIpc) is 2.82. The lowest BCUT2D eigenvalue weighted by Crippen LogP contribution is -2.32. The third-order valence-corrected chi connectivity index (χ3v) is 4.04. The molecule has 1 saturated heterocycles. The first-order valence-corrected chi connectivity index (χ1v) is 8.25. The van der Waals surface area contributed by atoms with E-state index in [4.69, 9.17) is 23.2 Å². The Balaban J connectivity index is 2.26. The minimum Gasteiger partial charge on any atom is -0.484 e. The van der Waals surface area contributed by atoms with Crippen LogP contribution in [-0.4, -0.2) is 65.5 Å². The highest BCUT2D eigenvalue weighted by molar-refractivity contribution is 7.95. The van der Waals surface area contributed by atoms with E-state index in [1.165, 1.54) is 14.2 Å². The van der Waals surface area contributed by atoms with Crippen molar-refractivity contribution in [2.75, 3.05) is 33.1 Å². The van der Waals surface area contributed by atoms with E-state index >= 15 is 0 Å². The van der Waals surface area contributed by atoms with Crippen molar-refractivity contribution in [1.29, 1.82) is 5.41 Å². The third-order valence-electron chi connectivity index (χ3n) is 2.47. The number of methoxy groups -OCH3 is 1. The standard InChI is InChI=1S/C11H20N2O7S2/c1-11(2)17-5-8(19-11)6-18-22(15)13(3)10(14)20-21-7-9(12)16-4/h8,12H,5-7H2,1-4H3. The third kappa shape index (κ3) is 6.48. The largest absolute Gasteiger partial charge is 0.484 e. The summed E-state index contributed by atoms with van der Waals surface area (Å²) in [4.78, 5) is 11.6. The Morgan fingerprint density at radius 3 is 2.77 bits per heavy atom. The number of carbonyl (C=O) groups excluding carboxylic acids is 1. The molecule has 0 aromatic heterocycles. The van der Waals surface area contributed by atoms with Crippen LogP contribution in [0.1, 0.15) is 13.8 Å². The summed E-state index contributed by atoms with van der Waals surface area (Å²) in [5.41, 5.74) is 0. The summed E-state index contributed by atoms with van der Waals surface area (Å²) in [5.74, 6) is -0.673. The first-order valence-electron chi connectivity index (χ1n) is 6.30. The average molecular weight is 356 g/mol. The van der Waals surface area contributed by atoms with Crippen molar-refractivity contribution < 1.29 is 31.6 Å². The molecule has 1 heterocycles. The van der Waals surface area contributed by atoms with Gasteiger partial charge >= 0.3 is 6.09 Å². The van der Waals surface area contributed by atoms with Gasteiger partial charge in [-0.25, -0.2) is 13.3 Å². The smallest absolute Gasteiger partial charge is 0.435 e. The molecule has 9 nitrogen and oxygen atoms in total. The fourth-order valence-electron chi connectivity index (χ4n) is 1.36. The van der Waals surface area contributed by atoms with Gasteiger partial charge in [-0.15, -0.1) is 0 Å². The number of nitrogens with one attached hydrogen (secondary N) is 1. The van der Waals surface area contributed by atoms with Crippen molar-refractivity contribution in [2.24, 2.45) is 0 Å². The quantitative estimate of drug-likeness (QED) is 0.410. The second-order valence-corrected chi connectivity index (χ2v) is 6.60. The topological polar surface area (TPSA) is 107 Å². The van der Waals surface area contributed by atoms with Crippen LogP contribution in [0, 0.1) is 5.41 Å². The Morgan fingerprint density at radius 2 is 2.23 bits per heavy atom. The molecule has 0 saturated carbocycles. The highest BCUT2D eigenvalue weighted by Gasteiger charge is 2.33. The molecular weight excluding hydrogens is 336 g/mol. The summed E-state index contributed by atoms with van der Waals surface area (Å²) in [7, 11) is 2.62. The van der Waals surface area contributed by atoms with Crippen LogP contribution >= 0.6 is 12.0 Å². The molecular formula is C11H20N2O7S2. The Bertz CT molecular complexity index is 433. The van der Waals surface area contributed by atoms with Crippen LogP contribution in [0.4, 0.5) is 4.79 Å². The molecule has 1 N–H and O–H groups in total. The van der Waals surface area contributed by atoms with Gasteiger partial charge in [0.2, 0.25) is 0 Å². The van der Waals surface area contributed by atoms with Crippen molar-refractivity contribution in [3.05, 3.63) is 0 Å². The highest BCUT2D eigenvalue weighted by atomic mass is 32.2. The number of carbonyl (C=O) groups is 1. The zero-order valence-corrected chi connectivity index (χ0v) is 14.5. The van der Waals surface area contributed by atoms with E-state index in [0.717, 1.165) is 4.31 Å². The van der Waals surface area contributed by atoms with Crippen molar-refractivity contribution in [1.82, 2.24) is 4.31 Å². The lowest BCUT2D eigenvalue weighted by atomic mass is 10.4. The number of hydrogen-bond acceptors (Lipinski definition) is 9. The SMILES string of the molecule is COC(=N)CSOC(=O)N(C)S(=O)OCC1COC(C)(C)O1. The second-order valence-electron chi connectivity index (χ2n) is 4.69. The molecule has 0 aromatic rings. The second kappa shape index (κ2) is 8.67. The van der Waals surface area contributed by atoms with Crippen molar-refractivity contribution >= 4 is 35.3 Å². The van der Waals surface area contributed by atoms with Crippen LogP contribution in [-0.2, 0) is 33.8 Å². The zero-order valence-electron chi connectivity index (χ0n) is 12.8. The van der Waals surface area contributed by atoms with Crippen LogP contribution in [0.2, 0.25) is 0 Å². The minimum absolute atomic E-state index is 0.0229. The Hall–Kier alpha value is -0.880. The normalized spacial score (nSPS) is 21.2. The highest BCUT2D eigenvalue weighted by Crippen LogP contribution is 2.22. The predicted molar refractivity (Wildman–Crippen MR) is 80.4 cm³/mol. The molecule has 0 radical (unpaired) electrons. The first-order chi connectivity index (χ1) is 10.2. The molecule has 0 aromatic carbocycles. The van der Waals surface area contributed by atoms with Gasteiger partial charge in [-0.05, 0) is 13.8 Å². The number of amides is 1. The number of nitrogens with zero attached hydrogens (tertiary/aromatic N) is 1. The summed E-state index contributed by atoms with van der Waals surface area (Å²) in [6.07, 6.45) is -1.20. The van der Waals surface area contributed by atoms with Crippen LogP contribution in [0.25, 0.3) is 0 Å². The molecule has 2 unspecified atom stereocenters. The van der Waals surface area contributed by atoms with E-state index in [-0.39, 0.29) is 24.4 Å². The summed E-state index contributed by atoms with van der Waals surface area (Å²) < 4.78 is 37.8. The van der Waals surface area contributed by atoms with Crippen LogP contribution < -0.4 is 0 Å². The van der Waals surface area contributed by atoms with E-state index in [0.29, 0.717) is 18.6 Å². The maximum absolute atomic E-state index is 11.8. The van der Waals surface area contributed by atoms with Gasteiger partial charge in [0.05, 0.1) is 32.4 Å². The molecule has 0 aliphatic carbocycles. The van der Waals surface area contributed by atoms with E-state index < -0.39 is 23.1 Å². The van der Waals surface area contributed by atoms with E-state index in [2.05, 4.69) is 4.74 Å². The Morgan fingerprint density at radius 1 is 1.55 bits per heavy atom. The lowest BCUT2D eigenvalue weighted by molar-refractivity contribution is -0.141. The maximum atomic E-state index is 11.8. The van der Waals surface area contributed by atoms with E-state index in [9.17, 15) is 9.00 Å². The molecule has 2 atom stereocenters. The summed E-state index contributed by atoms with van der Waals surface area (Å²) in [6.45, 7) is 3.88. The molecule has 1 rings (SSSR count). The van der Waals surface area contributed by atoms with Gasteiger partial charge in [-0.1, -0.05) is 0 Å². The van der Waals surface area contributed by atoms with Crippen LogP contribution in [0.3, 0.4) is 0 Å². The summed E-state index contributed by atoms with van der Waals surface area (Å²) in [5, 5.41) is 7.21. The fourth-order valence-corrected chi connectivity index (χ4v) is 2.49. The molecule has 1 amide bonds. The van der Waals surface area contributed by atoms with Crippen molar-refractivity contribution in [3.63, 3.8) is 0 Å². The van der Waals surface area contributed by atoms with Gasteiger partial charge in [0.15, 0.2) is 11.7 Å². The van der Waals surface area contributed by atoms with Gasteiger partial charge in [0.25, 0.3) is 11.3 Å². The molecule has 1 fully saturated rings. The lowest BCUT2D eigenvalue weighted by Gasteiger charge is -2.18. The molecule has 1 aliphatic heterocycles. The predicted octanol–water partition coefficient (Wildman–Crippen LogP) is 1.07. The van der Waals surface area contributed by atoms with Gasteiger partial charge < -0.3 is 18.4 Å². The molecule has 1 aliphatic rings. The first kappa shape index (κ1) is 19.2. The molecule has 11 heteroatoms. The molecule has 0 bridgehead atoms. The van der Waals surface area contributed by atoms with Crippen LogP contribution in [0.15, 0.2) is 0 Å². The zero-order chi connectivity index (χ0) is 16.8.